The van der Waals surface area contributed by atoms with E-state index in [2.05, 4.69) is 15.5 Å². The molecule has 10 heteroatoms. The average molecular weight is 507 g/mol. The van der Waals surface area contributed by atoms with E-state index in [1.54, 1.807) is 28.9 Å². The van der Waals surface area contributed by atoms with Crippen molar-refractivity contribution in [3.05, 3.63) is 97.6 Å². The normalized spacial score (nSPS) is 11.1. The van der Waals surface area contributed by atoms with Crippen molar-refractivity contribution in [3.63, 3.8) is 0 Å². The first-order chi connectivity index (χ1) is 15.7. The second kappa shape index (κ2) is 9.55. The zero-order valence-corrected chi connectivity index (χ0v) is 20.0. The quantitative estimate of drug-likeness (QED) is 0.341. The summed E-state index contributed by atoms with van der Waals surface area (Å²) >= 11 is 18.6. The van der Waals surface area contributed by atoms with Crippen molar-refractivity contribution in [2.75, 3.05) is 5.32 Å². The highest BCUT2D eigenvalue weighted by Gasteiger charge is 2.16. The van der Waals surface area contributed by atoms with Crippen LogP contribution in [0.1, 0.15) is 32.9 Å². The van der Waals surface area contributed by atoms with Crippen molar-refractivity contribution in [1.82, 2.24) is 19.6 Å². The van der Waals surface area contributed by atoms with Crippen LogP contribution in [0, 0.1) is 19.7 Å². The smallest absolute Gasteiger partial charge is 0.256 e. The van der Waals surface area contributed by atoms with Gasteiger partial charge in [0.25, 0.3) is 5.91 Å². The lowest BCUT2D eigenvalue weighted by Gasteiger charge is -2.08. The lowest BCUT2D eigenvalue weighted by Crippen LogP contribution is -2.14. The Morgan fingerprint density at radius 2 is 1.79 bits per heavy atom. The van der Waals surface area contributed by atoms with Crippen molar-refractivity contribution in [2.24, 2.45) is 0 Å². The maximum atomic E-state index is 14.1. The Morgan fingerprint density at radius 1 is 1.03 bits per heavy atom. The molecule has 2 aromatic carbocycles. The molecule has 0 aliphatic carbocycles. The number of nitrogens with zero attached hydrogens (tertiary/aromatic N) is 4. The number of hydrogen-bond acceptors (Lipinski definition) is 3. The van der Waals surface area contributed by atoms with Gasteiger partial charge in [0.1, 0.15) is 10.8 Å². The van der Waals surface area contributed by atoms with Crippen molar-refractivity contribution >= 4 is 46.5 Å². The number of aromatic nitrogens is 4. The number of rotatable bonds is 6. The lowest BCUT2D eigenvalue weighted by molar-refractivity contribution is 0.102. The number of carbonyl (C=O) groups is 1. The molecule has 0 saturated heterocycles. The molecule has 2 heterocycles. The second-order valence-electron chi connectivity index (χ2n) is 7.52. The third-order valence-corrected chi connectivity index (χ3v) is 6.32. The van der Waals surface area contributed by atoms with Crippen LogP contribution in [0.4, 0.5) is 10.2 Å². The molecular weight excluding hydrogens is 488 g/mol. The van der Waals surface area contributed by atoms with Crippen LogP contribution in [-0.2, 0) is 13.1 Å². The van der Waals surface area contributed by atoms with E-state index >= 15 is 0 Å². The zero-order chi connectivity index (χ0) is 23.7. The number of anilines is 1. The fraction of sp³-hybridized carbons (Fsp3) is 0.174. The fourth-order valence-electron chi connectivity index (χ4n) is 3.40. The molecule has 6 nitrogen and oxygen atoms in total. The topological polar surface area (TPSA) is 64.7 Å². The fourth-order valence-corrected chi connectivity index (χ4v) is 3.96. The Hall–Kier alpha value is -2.87. The first-order valence-electron chi connectivity index (χ1n) is 9.98. The Labute approximate surface area is 204 Å². The van der Waals surface area contributed by atoms with Crippen LogP contribution in [-0.4, -0.2) is 25.5 Å². The van der Waals surface area contributed by atoms with E-state index in [1.165, 1.54) is 23.0 Å². The standard InChI is InChI=1S/C23H19Cl3FN5O/c1-13-21(26)14(2)32(29-13)10-15-5-3-6-16(9-15)23(33)28-22-19(25)12-31(30-22)11-17-18(24)7-4-8-20(17)27/h3-9,12H,10-11H2,1-2H3,(H,28,30,33). The van der Waals surface area contributed by atoms with Gasteiger partial charge in [0.2, 0.25) is 0 Å². The zero-order valence-electron chi connectivity index (χ0n) is 17.7. The molecule has 0 bridgehead atoms. The first kappa shape index (κ1) is 23.3. The minimum Gasteiger partial charge on any atom is -0.304 e. The number of carbonyl (C=O) groups excluding carboxylic acids is 1. The first-order valence-corrected chi connectivity index (χ1v) is 11.1. The van der Waals surface area contributed by atoms with Crippen LogP contribution in [0.5, 0.6) is 0 Å². The molecule has 0 unspecified atom stereocenters. The SMILES string of the molecule is Cc1nn(Cc2cccc(C(=O)Nc3nn(Cc4c(F)cccc4Cl)cc3Cl)c2)c(C)c1Cl. The number of nitrogens with one attached hydrogen (secondary N) is 1. The van der Waals surface area contributed by atoms with Gasteiger partial charge in [-0.15, -0.1) is 0 Å². The Bertz CT molecular complexity index is 1330. The summed E-state index contributed by atoms with van der Waals surface area (Å²) in [5.41, 5.74) is 3.22. The number of hydrogen-bond donors (Lipinski definition) is 1. The van der Waals surface area contributed by atoms with Crippen LogP contribution in [0.2, 0.25) is 15.1 Å². The largest absolute Gasteiger partial charge is 0.304 e. The Balaban J connectivity index is 1.50. The maximum Gasteiger partial charge on any atom is 0.256 e. The van der Waals surface area contributed by atoms with E-state index in [0.29, 0.717) is 17.1 Å². The lowest BCUT2D eigenvalue weighted by atomic mass is 10.1. The van der Waals surface area contributed by atoms with E-state index in [9.17, 15) is 9.18 Å². The average Bonchev–Trinajstić information content (AvgIpc) is 3.24. The molecule has 0 aliphatic heterocycles. The molecular formula is C23H19Cl3FN5O. The molecule has 0 aliphatic rings. The van der Waals surface area contributed by atoms with Crippen LogP contribution in [0.25, 0.3) is 0 Å². The highest BCUT2D eigenvalue weighted by molar-refractivity contribution is 6.33. The van der Waals surface area contributed by atoms with Crippen LogP contribution in [0.15, 0.2) is 48.7 Å². The van der Waals surface area contributed by atoms with Crippen LogP contribution < -0.4 is 5.32 Å². The van der Waals surface area contributed by atoms with Gasteiger partial charge in [-0.2, -0.15) is 10.2 Å². The summed E-state index contributed by atoms with van der Waals surface area (Å²) in [5, 5.41) is 12.5. The van der Waals surface area contributed by atoms with Crippen molar-refractivity contribution in [3.8, 4) is 0 Å². The Morgan fingerprint density at radius 3 is 2.48 bits per heavy atom. The summed E-state index contributed by atoms with van der Waals surface area (Å²) in [6, 6.07) is 11.6. The predicted molar refractivity (Wildman–Crippen MR) is 128 cm³/mol. The molecule has 0 fully saturated rings. The van der Waals surface area contributed by atoms with Crippen LogP contribution >= 0.6 is 34.8 Å². The number of amides is 1. The van der Waals surface area contributed by atoms with Gasteiger partial charge in [-0.05, 0) is 43.7 Å². The number of benzene rings is 2. The van der Waals surface area contributed by atoms with E-state index < -0.39 is 5.82 Å². The monoisotopic (exact) mass is 505 g/mol. The van der Waals surface area contributed by atoms with Gasteiger partial charge < -0.3 is 5.32 Å². The summed E-state index contributed by atoms with van der Waals surface area (Å²) < 4.78 is 17.3. The third-order valence-electron chi connectivity index (χ3n) is 5.15. The molecule has 170 valence electrons. The molecule has 0 radical (unpaired) electrons. The molecule has 0 saturated carbocycles. The van der Waals surface area contributed by atoms with Crippen molar-refractivity contribution in [2.45, 2.75) is 26.9 Å². The van der Waals surface area contributed by atoms with Crippen molar-refractivity contribution in [1.29, 1.82) is 0 Å². The molecule has 33 heavy (non-hydrogen) atoms. The van der Waals surface area contributed by atoms with Gasteiger partial charge in [0.15, 0.2) is 5.82 Å². The molecule has 1 N–H and O–H groups in total. The van der Waals surface area contributed by atoms with Gasteiger partial charge in [0.05, 0.1) is 29.5 Å². The molecule has 4 rings (SSSR count). The van der Waals surface area contributed by atoms with E-state index in [0.717, 1.165) is 17.0 Å². The van der Waals surface area contributed by atoms with Gasteiger partial charge in [-0.3, -0.25) is 14.2 Å². The van der Waals surface area contributed by atoms with E-state index in [1.807, 2.05) is 19.9 Å². The summed E-state index contributed by atoms with van der Waals surface area (Å²) in [7, 11) is 0. The molecule has 2 aromatic heterocycles. The summed E-state index contributed by atoms with van der Waals surface area (Å²) in [6.07, 6.45) is 1.50. The number of halogens is 4. The maximum absolute atomic E-state index is 14.1. The highest BCUT2D eigenvalue weighted by atomic mass is 35.5. The predicted octanol–water partition coefficient (Wildman–Crippen LogP) is 6.14. The minimum atomic E-state index is -0.444. The summed E-state index contributed by atoms with van der Waals surface area (Å²) in [5.74, 6) is -0.649. The minimum absolute atomic E-state index is 0.0712. The van der Waals surface area contributed by atoms with Crippen molar-refractivity contribution < 1.29 is 9.18 Å². The van der Waals surface area contributed by atoms with Gasteiger partial charge in [0, 0.05) is 22.3 Å². The van der Waals surface area contributed by atoms with E-state index in [4.69, 9.17) is 34.8 Å². The Kier molecular flexibility index (Phi) is 6.74. The van der Waals surface area contributed by atoms with Gasteiger partial charge in [-0.1, -0.05) is 53.0 Å². The molecule has 4 aromatic rings. The highest BCUT2D eigenvalue weighted by Crippen LogP contribution is 2.24. The van der Waals surface area contributed by atoms with Gasteiger partial charge >= 0.3 is 0 Å². The number of aryl methyl sites for hydroxylation is 1. The third kappa shape index (κ3) is 5.05. The van der Waals surface area contributed by atoms with Crippen LogP contribution in [0.3, 0.4) is 0 Å². The van der Waals surface area contributed by atoms with Gasteiger partial charge in [-0.25, -0.2) is 4.39 Å². The summed E-state index contributed by atoms with van der Waals surface area (Å²) in [6.45, 7) is 4.28. The second-order valence-corrected chi connectivity index (χ2v) is 8.71. The molecule has 0 atom stereocenters. The van der Waals surface area contributed by atoms with E-state index in [-0.39, 0.29) is 33.9 Å². The molecule has 1 amide bonds. The summed E-state index contributed by atoms with van der Waals surface area (Å²) in [4.78, 5) is 12.8. The molecule has 0 spiro atoms.